The molecule has 2 rings (SSSR count). The van der Waals surface area contributed by atoms with Crippen LogP contribution in [0.3, 0.4) is 0 Å². The van der Waals surface area contributed by atoms with Crippen LogP contribution in [0.2, 0.25) is 0 Å². The van der Waals surface area contributed by atoms with E-state index in [4.69, 9.17) is 4.74 Å². The molecule has 0 spiro atoms. The van der Waals surface area contributed by atoms with Crippen LogP contribution < -0.4 is 5.56 Å². The zero-order chi connectivity index (χ0) is 15.1. The van der Waals surface area contributed by atoms with E-state index >= 15 is 0 Å². The van der Waals surface area contributed by atoms with Crippen LogP contribution in [0.4, 0.5) is 0 Å². The summed E-state index contributed by atoms with van der Waals surface area (Å²) >= 11 is 1.71. The molecule has 1 aromatic carbocycles. The van der Waals surface area contributed by atoms with Crippen LogP contribution >= 0.6 is 11.8 Å². The molecule has 0 unspecified atom stereocenters. The third-order valence-electron chi connectivity index (χ3n) is 2.85. The molecule has 0 fully saturated rings. The third kappa shape index (κ3) is 4.29. The van der Waals surface area contributed by atoms with Gasteiger partial charge in [0.15, 0.2) is 0 Å². The van der Waals surface area contributed by atoms with Crippen molar-refractivity contribution in [1.29, 1.82) is 0 Å². The van der Waals surface area contributed by atoms with Gasteiger partial charge in [-0.1, -0.05) is 24.3 Å². The van der Waals surface area contributed by atoms with Crippen molar-refractivity contribution in [2.75, 3.05) is 18.1 Å². The van der Waals surface area contributed by atoms with E-state index in [9.17, 15) is 9.59 Å². The smallest absolute Gasteiger partial charge is 0.307 e. The number of hydrogen-bond donors (Lipinski definition) is 0. The van der Waals surface area contributed by atoms with Crippen molar-refractivity contribution in [3.8, 4) is 0 Å². The van der Waals surface area contributed by atoms with Gasteiger partial charge in [-0.3, -0.25) is 9.59 Å². The predicted octanol–water partition coefficient (Wildman–Crippen LogP) is 1.48. The highest BCUT2D eigenvalue weighted by molar-refractivity contribution is 7.99. The van der Waals surface area contributed by atoms with Gasteiger partial charge in [0.2, 0.25) is 0 Å². The summed E-state index contributed by atoms with van der Waals surface area (Å²) in [5, 5.41) is 8.29. The largest absolute Gasteiger partial charge is 0.465 e. The van der Waals surface area contributed by atoms with E-state index in [1.807, 2.05) is 0 Å². The Labute approximate surface area is 126 Å². The Morgan fingerprint density at radius 1 is 1.38 bits per heavy atom. The van der Waals surface area contributed by atoms with E-state index in [0.717, 1.165) is 11.5 Å². The lowest BCUT2D eigenvalue weighted by atomic mass is 10.2. The molecule has 0 saturated heterocycles. The van der Waals surface area contributed by atoms with Crippen LogP contribution in [0.1, 0.15) is 13.3 Å². The van der Waals surface area contributed by atoms with Gasteiger partial charge in [0.05, 0.1) is 18.4 Å². The summed E-state index contributed by atoms with van der Waals surface area (Å²) in [5.74, 6) is 1.46. The number of fused-ring (bicyclic) bond motifs is 1. The molecule has 112 valence electrons. The molecular weight excluding hydrogens is 290 g/mol. The average Bonchev–Trinajstić information content (AvgIpc) is 2.51. The van der Waals surface area contributed by atoms with E-state index in [-0.39, 0.29) is 24.5 Å². The molecule has 1 aromatic heterocycles. The maximum absolute atomic E-state index is 12.1. The fraction of sp³-hybridized carbons (Fsp3) is 0.429. The summed E-state index contributed by atoms with van der Waals surface area (Å²) in [6, 6.07) is 7.00. The van der Waals surface area contributed by atoms with E-state index in [0.29, 0.717) is 17.5 Å². The van der Waals surface area contributed by atoms with E-state index in [1.54, 1.807) is 36.0 Å². The molecule has 0 saturated carbocycles. The summed E-state index contributed by atoms with van der Waals surface area (Å²) in [6.45, 7) is 2.63. The number of aryl methyl sites for hydroxylation is 1. The maximum Gasteiger partial charge on any atom is 0.307 e. The van der Waals surface area contributed by atoms with Gasteiger partial charge >= 0.3 is 5.97 Å². The molecule has 0 atom stereocenters. The average molecular weight is 307 g/mol. The molecule has 7 heteroatoms. The van der Waals surface area contributed by atoms with Crippen LogP contribution in [0.5, 0.6) is 0 Å². The van der Waals surface area contributed by atoms with E-state index < -0.39 is 0 Å². The Morgan fingerprint density at radius 2 is 2.19 bits per heavy atom. The second-order valence-electron chi connectivity index (χ2n) is 4.30. The first-order valence-electron chi connectivity index (χ1n) is 6.78. The lowest BCUT2D eigenvalue weighted by Gasteiger charge is -2.05. The number of ether oxygens (including phenoxy) is 1. The summed E-state index contributed by atoms with van der Waals surface area (Å²) in [4.78, 5) is 23.7. The SMILES string of the molecule is CCSCCOC(=O)CCn1nnc2ccccc2c1=O. The first kappa shape index (κ1) is 15.5. The van der Waals surface area contributed by atoms with E-state index in [1.165, 1.54) is 4.68 Å². The summed E-state index contributed by atoms with van der Waals surface area (Å²) < 4.78 is 6.27. The Balaban J connectivity index is 1.93. The second-order valence-corrected chi connectivity index (χ2v) is 5.70. The monoisotopic (exact) mass is 307 g/mol. The highest BCUT2D eigenvalue weighted by Crippen LogP contribution is 2.03. The molecule has 21 heavy (non-hydrogen) atoms. The van der Waals surface area contributed by atoms with Gasteiger partial charge in [0.25, 0.3) is 5.56 Å². The Kier molecular flexibility index (Phi) is 5.74. The van der Waals surface area contributed by atoms with Crippen molar-refractivity contribution < 1.29 is 9.53 Å². The highest BCUT2D eigenvalue weighted by atomic mass is 32.2. The number of thioether (sulfide) groups is 1. The number of aromatic nitrogens is 3. The first-order valence-corrected chi connectivity index (χ1v) is 7.93. The lowest BCUT2D eigenvalue weighted by Crippen LogP contribution is -2.25. The lowest BCUT2D eigenvalue weighted by molar-refractivity contribution is -0.143. The van der Waals surface area contributed by atoms with Gasteiger partial charge in [-0.2, -0.15) is 11.8 Å². The predicted molar refractivity (Wildman–Crippen MR) is 82.4 cm³/mol. The number of esters is 1. The fourth-order valence-electron chi connectivity index (χ4n) is 1.80. The minimum atomic E-state index is -0.325. The van der Waals surface area contributed by atoms with Crippen LogP contribution in [-0.2, 0) is 16.1 Å². The number of rotatable bonds is 7. The Morgan fingerprint density at radius 3 is 3.00 bits per heavy atom. The molecule has 0 aliphatic heterocycles. The van der Waals surface area contributed by atoms with Crippen molar-refractivity contribution in [3.05, 3.63) is 34.6 Å². The molecule has 0 amide bonds. The van der Waals surface area contributed by atoms with Crippen molar-refractivity contribution in [2.45, 2.75) is 19.9 Å². The summed E-state index contributed by atoms with van der Waals surface area (Å²) in [5.41, 5.74) is 0.313. The van der Waals surface area contributed by atoms with Crippen LogP contribution in [0, 0.1) is 0 Å². The number of hydrogen-bond acceptors (Lipinski definition) is 6. The summed E-state index contributed by atoms with van der Waals surface area (Å²) in [6.07, 6.45) is 0.115. The maximum atomic E-state index is 12.1. The number of carbonyl (C=O) groups is 1. The van der Waals surface area contributed by atoms with Crippen molar-refractivity contribution in [3.63, 3.8) is 0 Å². The second kappa shape index (κ2) is 7.78. The van der Waals surface area contributed by atoms with Gasteiger partial charge in [-0.15, -0.1) is 5.10 Å². The molecule has 2 aromatic rings. The van der Waals surface area contributed by atoms with Gasteiger partial charge < -0.3 is 4.74 Å². The molecule has 1 heterocycles. The zero-order valence-electron chi connectivity index (χ0n) is 11.8. The Hall–Kier alpha value is -1.89. The van der Waals surface area contributed by atoms with Gasteiger partial charge in [0.1, 0.15) is 12.1 Å². The van der Waals surface area contributed by atoms with Gasteiger partial charge in [-0.25, -0.2) is 4.68 Å². The number of benzene rings is 1. The topological polar surface area (TPSA) is 74.1 Å². The molecular formula is C14H17N3O3S. The Bertz CT molecular complexity index is 672. The number of nitrogens with zero attached hydrogens (tertiary/aromatic N) is 3. The zero-order valence-corrected chi connectivity index (χ0v) is 12.6. The van der Waals surface area contributed by atoms with Crippen molar-refractivity contribution in [1.82, 2.24) is 15.0 Å². The van der Waals surface area contributed by atoms with Crippen LogP contribution in [-0.4, -0.2) is 39.1 Å². The number of carbonyl (C=O) groups excluding carboxylic acids is 1. The first-order chi connectivity index (χ1) is 10.2. The molecule has 0 aliphatic rings. The van der Waals surface area contributed by atoms with Crippen molar-refractivity contribution in [2.24, 2.45) is 0 Å². The quantitative estimate of drug-likeness (QED) is 0.570. The standard InChI is InChI=1S/C14H17N3O3S/c1-2-21-10-9-20-13(18)7-8-17-14(19)11-5-3-4-6-12(11)15-16-17/h3-6H,2,7-10H2,1H3. The van der Waals surface area contributed by atoms with Crippen LogP contribution in [0.15, 0.2) is 29.1 Å². The van der Waals surface area contributed by atoms with E-state index in [2.05, 4.69) is 17.2 Å². The minimum absolute atomic E-state index is 0.115. The normalized spacial score (nSPS) is 10.7. The molecule has 0 bridgehead atoms. The fourth-order valence-corrected chi connectivity index (χ4v) is 2.29. The van der Waals surface area contributed by atoms with Crippen molar-refractivity contribution >= 4 is 28.6 Å². The minimum Gasteiger partial charge on any atom is -0.465 e. The molecule has 0 radical (unpaired) electrons. The molecule has 0 aliphatic carbocycles. The summed E-state index contributed by atoms with van der Waals surface area (Å²) in [7, 11) is 0. The highest BCUT2D eigenvalue weighted by Gasteiger charge is 2.08. The van der Waals surface area contributed by atoms with Crippen LogP contribution in [0.25, 0.3) is 10.9 Å². The molecule has 6 nitrogen and oxygen atoms in total. The van der Waals surface area contributed by atoms with Gasteiger partial charge in [-0.05, 0) is 17.9 Å². The molecule has 0 N–H and O–H groups in total. The van der Waals surface area contributed by atoms with Gasteiger partial charge in [0, 0.05) is 5.75 Å². The third-order valence-corrected chi connectivity index (χ3v) is 3.72.